The van der Waals surface area contributed by atoms with E-state index in [-0.39, 0.29) is 5.54 Å². The third-order valence-corrected chi connectivity index (χ3v) is 7.08. The Kier molecular flexibility index (Phi) is 3.19. The molecule has 110 valence electrons. The molecule has 1 aromatic rings. The van der Waals surface area contributed by atoms with Crippen LogP contribution in [0.2, 0.25) is 0 Å². The maximum absolute atomic E-state index is 4.86. The van der Waals surface area contributed by atoms with Gasteiger partial charge < -0.3 is 5.32 Å². The molecular formula is C17H26N2S. The summed E-state index contributed by atoms with van der Waals surface area (Å²) in [6.07, 6.45) is 14.1. The summed E-state index contributed by atoms with van der Waals surface area (Å²) in [6.45, 7) is 2.13. The molecule has 20 heavy (non-hydrogen) atoms. The Morgan fingerprint density at radius 3 is 2.35 bits per heavy atom. The van der Waals surface area contributed by atoms with Crippen LogP contribution in [0.15, 0.2) is 5.38 Å². The highest BCUT2D eigenvalue weighted by Crippen LogP contribution is 2.54. The van der Waals surface area contributed by atoms with Crippen molar-refractivity contribution in [1.82, 2.24) is 10.3 Å². The Balaban J connectivity index is 1.57. The molecule has 0 unspecified atom stereocenters. The quantitative estimate of drug-likeness (QED) is 0.884. The van der Waals surface area contributed by atoms with Crippen molar-refractivity contribution >= 4 is 11.3 Å². The monoisotopic (exact) mass is 290 g/mol. The second-order valence-corrected chi connectivity index (χ2v) is 8.36. The van der Waals surface area contributed by atoms with Gasteiger partial charge >= 0.3 is 0 Å². The van der Waals surface area contributed by atoms with Gasteiger partial charge in [-0.3, -0.25) is 0 Å². The van der Waals surface area contributed by atoms with Gasteiger partial charge in [-0.1, -0.05) is 12.8 Å². The zero-order chi connectivity index (χ0) is 13.6. The van der Waals surface area contributed by atoms with E-state index in [4.69, 9.17) is 4.98 Å². The van der Waals surface area contributed by atoms with Crippen molar-refractivity contribution < 1.29 is 0 Å². The molecule has 0 aliphatic heterocycles. The molecule has 3 heteroatoms. The van der Waals surface area contributed by atoms with E-state index in [2.05, 4.69) is 17.6 Å². The molecule has 3 fully saturated rings. The minimum Gasteiger partial charge on any atom is -0.303 e. The molecule has 0 amide bonds. The molecule has 0 saturated heterocycles. The molecule has 0 aromatic carbocycles. The fourth-order valence-corrected chi connectivity index (χ4v) is 5.46. The molecule has 1 N–H and O–H groups in total. The summed E-state index contributed by atoms with van der Waals surface area (Å²) < 4.78 is 0. The Hall–Kier alpha value is -0.410. The molecule has 1 aromatic heterocycles. The SMILES string of the molecule is Cc1csc(C2(NC3CC3)CCC3(CCCC3)CC2)n1. The fraction of sp³-hybridized carbons (Fsp3) is 0.824. The Morgan fingerprint density at radius 2 is 1.80 bits per heavy atom. The number of thiazole rings is 1. The number of hydrogen-bond donors (Lipinski definition) is 1. The zero-order valence-corrected chi connectivity index (χ0v) is 13.4. The maximum atomic E-state index is 4.86. The van der Waals surface area contributed by atoms with E-state index >= 15 is 0 Å². The Labute approximate surface area is 126 Å². The van der Waals surface area contributed by atoms with Crippen LogP contribution in [-0.2, 0) is 5.54 Å². The third kappa shape index (κ3) is 2.33. The van der Waals surface area contributed by atoms with Crippen LogP contribution >= 0.6 is 11.3 Å². The van der Waals surface area contributed by atoms with Crippen molar-refractivity contribution in [3.05, 3.63) is 16.1 Å². The first-order chi connectivity index (χ1) is 9.70. The Morgan fingerprint density at radius 1 is 1.10 bits per heavy atom. The van der Waals surface area contributed by atoms with Gasteiger partial charge in [0.2, 0.25) is 0 Å². The first-order valence-electron chi connectivity index (χ1n) is 8.40. The molecule has 3 aliphatic rings. The highest BCUT2D eigenvalue weighted by Gasteiger charge is 2.47. The van der Waals surface area contributed by atoms with E-state index in [1.54, 1.807) is 0 Å². The van der Waals surface area contributed by atoms with E-state index in [0.29, 0.717) is 5.41 Å². The second-order valence-electron chi connectivity index (χ2n) is 7.50. The average molecular weight is 290 g/mol. The van der Waals surface area contributed by atoms with Crippen LogP contribution in [0.4, 0.5) is 0 Å². The van der Waals surface area contributed by atoms with E-state index in [1.807, 2.05) is 11.3 Å². The average Bonchev–Trinajstić information content (AvgIpc) is 2.96. The molecular weight excluding hydrogens is 264 g/mol. The van der Waals surface area contributed by atoms with E-state index in [1.165, 1.54) is 74.9 Å². The van der Waals surface area contributed by atoms with Gasteiger partial charge in [-0.25, -0.2) is 4.98 Å². The van der Waals surface area contributed by atoms with Crippen LogP contribution in [0, 0.1) is 12.3 Å². The van der Waals surface area contributed by atoms with Crippen molar-refractivity contribution in [3.8, 4) is 0 Å². The smallest absolute Gasteiger partial charge is 0.113 e. The molecule has 3 aliphatic carbocycles. The number of nitrogens with zero attached hydrogens (tertiary/aromatic N) is 1. The van der Waals surface area contributed by atoms with Gasteiger partial charge in [0.1, 0.15) is 5.01 Å². The minimum absolute atomic E-state index is 0.216. The molecule has 4 rings (SSSR count). The van der Waals surface area contributed by atoms with Crippen LogP contribution < -0.4 is 5.32 Å². The number of aromatic nitrogens is 1. The normalized spacial score (nSPS) is 28.1. The topological polar surface area (TPSA) is 24.9 Å². The Bertz CT molecular complexity index is 473. The van der Waals surface area contributed by atoms with Gasteiger partial charge in [-0.2, -0.15) is 0 Å². The lowest BCUT2D eigenvalue weighted by molar-refractivity contribution is 0.107. The predicted octanol–water partition coefficient (Wildman–Crippen LogP) is 4.53. The summed E-state index contributed by atoms with van der Waals surface area (Å²) in [7, 11) is 0. The summed E-state index contributed by atoms with van der Waals surface area (Å²) in [4.78, 5) is 4.86. The second kappa shape index (κ2) is 4.81. The molecule has 1 heterocycles. The van der Waals surface area contributed by atoms with Gasteiger partial charge in [-0.15, -0.1) is 11.3 Å². The lowest BCUT2D eigenvalue weighted by atomic mass is 9.66. The van der Waals surface area contributed by atoms with Crippen LogP contribution in [0.25, 0.3) is 0 Å². The molecule has 3 saturated carbocycles. The highest BCUT2D eigenvalue weighted by atomic mass is 32.1. The standard InChI is InChI=1S/C17H26N2S/c1-13-12-20-15(18-13)17(19-14-4-5-14)10-8-16(9-11-17)6-2-3-7-16/h12,14,19H,2-11H2,1H3. The van der Waals surface area contributed by atoms with Crippen molar-refractivity contribution in [3.63, 3.8) is 0 Å². The van der Waals surface area contributed by atoms with E-state index in [0.717, 1.165) is 6.04 Å². The summed E-state index contributed by atoms with van der Waals surface area (Å²) in [5, 5.41) is 7.59. The van der Waals surface area contributed by atoms with Gasteiger partial charge in [0.25, 0.3) is 0 Å². The van der Waals surface area contributed by atoms with Gasteiger partial charge in [0.05, 0.1) is 5.54 Å². The van der Waals surface area contributed by atoms with Crippen LogP contribution in [0.5, 0.6) is 0 Å². The van der Waals surface area contributed by atoms with Crippen molar-refractivity contribution in [2.45, 2.75) is 82.7 Å². The largest absolute Gasteiger partial charge is 0.303 e. The van der Waals surface area contributed by atoms with E-state index in [9.17, 15) is 0 Å². The van der Waals surface area contributed by atoms with Gasteiger partial charge in [0, 0.05) is 17.1 Å². The van der Waals surface area contributed by atoms with Gasteiger partial charge in [0.15, 0.2) is 0 Å². The third-order valence-electron chi connectivity index (χ3n) is 5.91. The summed E-state index contributed by atoms with van der Waals surface area (Å²) >= 11 is 1.88. The summed E-state index contributed by atoms with van der Waals surface area (Å²) in [6, 6.07) is 0.775. The maximum Gasteiger partial charge on any atom is 0.113 e. The zero-order valence-electron chi connectivity index (χ0n) is 12.6. The number of rotatable bonds is 3. The predicted molar refractivity (Wildman–Crippen MR) is 84.1 cm³/mol. The first-order valence-corrected chi connectivity index (χ1v) is 9.28. The summed E-state index contributed by atoms with van der Waals surface area (Å²) in [5.74, 6) is 0. The fourth-order valence-electron chi connectivity index (χ4n) is 4.44. The molecule has 0 radical (unpaired) electrons. The summed E-state index contributed by atoms with van der Waals surface area (Å²) in [5.41, 5.74) is 2.12. The van der Waals surface area contributed by atoms with Gasteiger partial charge in [-0.05, 0) is 63.7 Å². The van der Waals surface area contributed by atoms with E-state index < -0.39 is 0 Å². The highest BCUT2D eigenvalue weighted by molar-refractivity contribution is 7.09. The minimum atomic E-state index is 0.216. The van der Waals surface area contributed by atoms with Crippen LogP contribution in [0.3, 0.4) is 0 Å². The molecule has 0 atom stereocenters. The lowest BCUT2D eigenvalue weighted by Gasteiger charge is -2.45. The number of hydrogen-bond acceptors (Lipinski definition) is 3. The number of aryl methyl sites for hydroxylation is 1. The van der Waals surface area contributed by atoms with Crippen molar-refractivity contribution in [1.29, 1.82) is 0 Å². The molecule has 0 bridgehead atoms. The van der Waals surface area contributed by atoms with Crippen molar-refractivity contribution in [2.24, 2.45) is 5.41 Å². The van der Waals surface area contributed by atoms with Crippen LogP contribution in [-0.4, -0.2) is 11.0 Å². The van der Waals surface area contributed by atoms with Crippen molar-refractivity contribution in [2.75, 3.05) is 0 Å². The van der Waals surface area contributed by atoms with Crippen LogP contribution in [0.1, 0.15) is 74.9 Å². The first kappa shape index (κ1) is 13.3. The number of nitrogens with one attached hydrogen (secondary N) is 1. The molecule has 1 spiro atoms. The lowest BCUT2D eigenvalue weighted by Crippen LogP contribution is -2.48. The molecule has 2 nitrogen and oxygen atoms in total.